The molecule has 2 saturated heterocycles. The molecule has 66 heavy (non-hydrogen) atoms. The van der Waals surface area contributed by atoms with Crippen LogP contribution in [0.1, 0.15) is 54.5 Å². The molecule has 348 valence electrons. The highest BCUT2D eigenvalue weighted by atomic mass is 35.5. The molecule has 4 amide bonds. The molecule has 3 aromatic carbocycles. The van der Waals surface area contributed by atoms with E-state index in [0.29, 0.717) is 65.2 Å². The summed E-state index contributed by atoms with van der Waals surface area (Å²) >= 11 is 12.8. The number of halogens is 2. The topological polar surface area (TPSA) is 151 Å². The molecule has 5 aromatic rings. The van der Waals surface area contributed by atoms with Crippen molar-refractivity contribution in [2.45, 2.75) is 76.7 Å². The van der Waals surface area contributed by atoms with Crippen molar-refractivity contribution in [3.05, 3.63) is 130 Å². The summed E-state index contributed by atoms with van der Waals surface area (Å²) < 4.78 is 14.0. The van der Waals surface area contributed by atoms with E-state index >= 15 is 0 Å². The fourth-order valence-corrected chi connectivity index (χ4v) is 9.17. The molecule has 0 spiro atoms. The van der Waals surface area contributed by atoms with E-state index in [1.54, 1.807) is 42.2 Å². The molecule has 0 radical (unpaired) electrons. The van der Waals surface area contributed by atoms with Crippen molar-refractivity contribution in [3.8, 4) is 22.8 Å². The number of carbonyl (C=O) groups is 4. The number of pyridine rings is 1. The Hall–Kier alpha value is -5.80. The minimum absolute atomic E-state index is 0.0830. The first kappa shape index (κ1) is 48.1. The second kappa shape index (κ2) is 21.2. The number of nitrogens with one attached hydrogen (secondary N) is 2. The molecule has 4 atom stereocenters. The Balaban J connectivity index is 1.22. The van der Waals surface area contributed by atoms with Crippen molar-refractivity contribution < 1.29 is 28.7 Å². The Kier molecular flexibility index (Phi) is 15.5. The van der Waals surface area contributed by atoms with E-state index < -0.39 is 41.3 Å². The molecule has 2 fully saturated rings. The van der Waals surface area contributed by atoms with E-state index in [9.17, 15) is 19.2 Å². The molecule has 7 rings (SSSR count). The summed E-state index contributed by atoms with van der Waals surface area (Å²) in [5.41, 5.74) is 3.94. The van der Waals surface area contributed by atoms with Crippen molar-refractivity contribution >= 4 is 46.8 Å². The van der Waals surface area contributed by atoms with E-state index in [-0.39, 0.29) is 38.4 Å². The van der Waals surface area contributed by atoms with Gasteiger partial charge in [0, 0.05) is 72.6 Å². The van der Waals surface area contributed by atoms with E-state index in [2.05, 4.69) is 25.1 Å². The van der Waals surface area contributed by atoms with Crippen LogP contribution in [0.2, 0.25) is 10.0 Å². The van der Waals surface area contributed by atoms with Crippen LogP contribution >= 0.6 is 23.2 Å². The molecule has 2 aliphatic rings. The third-order valence-electron chi connectivity index (χ3n) is 12.3. The third-order valence-corrected chi connectivity index (χ3v) is 12.8. The van der Waals surface area contributed by atoms with Crippen molar-refractivity contribution in [2.24, 2.45) is 13.0 Å². The SMILES string of the molecule is COC[C@@H]1NC(=O)[C@H](C)N(Cc2ccc(Cl)cc2Oc2ccc(-c3cnc(CN(C)C)n3C)cc2)C(=O)C[C@@H](Cc2cccc(C)n2)C(=O)N2CCC[C@@](Cc3ccc(Cl)cc3)(C2)NC1=O. The number of imidazole rings is 1. The van der Waals surface area contributed by atoms with Crippen LogP contribution in [0.25, 0.3) is 11.3 Å². The standard InChI is InChI=1S/C50H58Cl2N8O6/c1-32-9-7-10-40(54-32)23-37-24-46(61)60(28-36-13-18-39(52)25-44(36)66-41-19-14-35(15-20-41)43-27-53-45(58(43)5)29-57(3)4)33(2)47(62)55-42(30-65-6)48(63)56-50(21-8-22-59(31-50)49(37)64)26-34-11-16-38(51)17-12-34/h7,9-20,25,27,33,37,42H,8,21-24,26,28-31H2,1-6H3,(H,55,62)(H,56,63)/t33-,37+,42-,50+/m0/s1. The predicted molar refractivity (Wildman–Crippen MR) is 254 cm³/mol. The van der Waals surface area contributed by atoms with Crippen LogP contribution in [0.5, 0.6) is 11.5 Å². The molecule has 2 aromatic heterocycles. The quantitative estimate of drug-likeness (QED) is 0.130. The Morgan fingerprint density at radius 2 is 1.68 bits per heavy atom. The number of carbonyl (C=O) groups excluding carboxylic acids is 4. The number of hydrogen-bond donors (Lipinski definition) is 2. The summed E-state index contributed by atoms with van der Waals surface area (Å²) in [6.07, 6.45) is 3.39. The zero-order valence-corrected chi connectivity index (χ0v) is 39.9. The zero-order valence-electron chi connectivity index (χ0n) is 38.4. The summed E-state index contributed by atoms with van der Waals surface area (Å²) in [5.74, 6) is -0.717. The van der Waals surface area contributed by atoms with Gasteiger partial charge in [-0.05, 0) is 113 Å². The molecule has 2 aliphatic heterocycles. The molecule has 14 nitrogen and oxygen atoms in total. The van der Waals surface area contributed by atoms with E-state index in [1.165, 1.54) is 12.0 Å². The lowest BCUT2D eigenvalue weighted by Gasteiger charge is -2.45. The molecule has 4 heterocycles. The molecule has 2 N–H and O–H groups in total. The molecule has 16 heteroatoms. The van der Waals surface area contributed by atoms with Gasteiger partial charge in [0.1, 0.15) is 29.4 Å². The second-order valence-corrected chi connectivity index (χ2v) is 18.6. The largest absolute Gasteiger partial charge is 0.457 e. The Morgan fingerprint density at radius 3 is 2.39 bits per heavy atom. The summed E-state index contributed by atoms with van der Waals surface area (Å²) in [5, 5.41) is 7.15. The smallest absolute Gasteiger partial charge is 0.245 e. The van der Waals surface area contributed by atoms with Gasteiger partial charge in [0.2, 0.25) is 23.6 Å². The number of ether oxygens (including phenoxy) is 2. The van der Waals surface area contributed by atoms with Gasteiger partial charge < -0.3 is 39.4 Å². The van der Waals surface area contributed by atoms with Gasteiger partial charge >= 0.3 is 0 Å². The van der Waals surface area contributed by atoms with Crippen LogP contribution in [0, 0.1) is 12.8 Å². The maximum Gasteiger partial charge on any atom is 0.245 e. The van der Waals surface area contributed by atoms with Crippen LogP contribution in [-0.4, -0.2) is 111 Å². The monoisotopic (exact) mass is 936 g/mol. The van der Waals surface area contributed by atoms with Crippen LogP contribution in [-0.2, 0) is 56.9 Å². The number of aromatic nitrogens is 3. The lowest BCUT2D eigenvalue weighted by atomic mass is 9.82. The first-order chi connectivity index (χ1) is 31.6. The number of aryl methyl sites for hydroxylation is 1. The third kappa shape index (κ3) is 11.8. The average Bonchev–Trinajstić information content (AvgIpc) is 3.64. The highest BCUT2D eigenvalue weighted by Crippen LogP contribution is 2.34. The molecule has 0 unspecified atom stereocenters. The fourth-order valence-electron chi connectivity index (χ4n) is 8.88. The summed E-state index contributed by atoms with van der Waals surface area (Å²) in [7, 11) is 7.44. The van der Waals surface area contributed by atoms with Crippen molar-refractivity contribution in [1.82, 2.24) is 39.9 Å². The first-order valence-corrected chi connectivity index (χ1v) is 22.9. The summed E-state index contributed by atoms with van der Waals surface area (Å²) in [6.45, 7) is 4.60. The lowest BCUT2D eigenvalue weighted by Crippen LogP contribution is -2.65. The number of amides is 4. The fraction of sp³-hybridized carbons (Fsp3) is 0.400. The highest BCUT2D eigenvalue weighted by molar-refractivity contribution is 6.31. The first-order valence-electron chi connectivity index (χ1n) is 22.2. The summed E-state index contributed by atoms with van der Waals surface area (Å²) in [6, 6.07) is 23.5. The normalized spacial score (nSPS) is 20.8. The molecular weight excluding hydrogens is 880 g/mol. The number of hydrogen-bond acceptors (Lipinski definition) is 9. The summed E-state index contributed by atoms with van der Waals surface area (Å²) in [4.78, 5) is 73.4. The maximum atomic E-state index is 15.0. The number of benzene rings is 3. The number of piperidine rings is 1. The van der Waals surface area contributed by atoms with Gasteiger partial charge in [0.05, 0.1) is 43.0 Å². The minimum Gasteiger partial charge on any atom is -0.457 e. The Morgan fingerprint density at radius 1 is 0.939 bits per heavy atom. The number of rotatable bonds is 13. The predicted octanol–water partition coefficient (Wildman–Crippen LogP) is 6.78. The van der Waals surface area contributed by atoms with Crippen LogP contribution < -0.4 is 15.4 Å². The number of methoxy groups -OCH3 is 1. The van der Waals surface area contributed by atoms with Crippen molar-refractivity contribution in [2.75, 3.05) is 40.9 Å². The van der Waals surface area contributed by atoms with E-state index in [0.717, 1.165) is 28.3 Å². The number of nitrogens with zero attached hydrogens (tertiary/aromatic N) is 6. The van der Waals surface area contributed by atoms with Gasteiger partial charge in [-0.25, -0.2) is 4.98 Å². The molecule has 2 bridgehead atoms. The Bertz CT molecular complexity index is 2530. The number of fused-ring (bicyclic) bond motifs is 2. The van der Waals surface area contributed by atoms with Gasteiger partial charge in [-0.2, -0.15) is 0 Å². The van der Waals surface area contributed by atoms with E-state index in [4.69, 9.17) is 37.7 Å². The lowest BCUT2D eigenvalue weighted by molar-refractivity contribution is -0.148. The minimum atomic E-state index is -1.11. The van der Waals surface area contributed by atoms with Gasteiger partial charge in [0.25, 0.3) is 0 Å². The molecule has 0 saturated carbocycles. The van der Waals surface area contributed by atoms with Gasteiger partial charge in [0.15, 0.2) is 0 Å². The second-order valence-electron chi connectivity index (χ2n) is 17.8. The van der Waals surface area contributed by atoms with Gasteiger partial charge in [-0.15, -0.1) is 0 Å². The van der Waals surface area contributed by atoms with Gasteiger partial charge in [-0.3, -0.25) is 24.2 Å². The highest BCUT2D eigenvalue weighted by Gasteiger charge is 2.43. The maximum absolute atomic E-state index is 15.0. The zero-order chi connectivity index (χ0) is 47.1. The van der Waals surface area contributed by atoms with Crippen LogP contribution in [0.4, 0.5) is 0 Å². The van der Waals surface area contributed by atoms with Crippen LogP contribution in [0.15, 0.2) is 91.1 Å². The Labute approximate surface area is 396 Å². The van der Waals surface area contributed by atoms with Crippen molar-refractivity contribution in [1.29, 1.82) is 0 Å². The van der Waals surface area contributed by atoms with Gasteiger partial charge in [-0.1, -0.05) is 47.5 Å². The molecule has 0 aliphatic carbocycles. The van der Waals surface area contributed by atoms with Crippen molar-refractivity contribution in [3.63, 3.8) is 0 Å². The van der Waals surface area contributed by atoms with Crippen LogP contribution in [0.3, 0.4) is 0 Å². The van der Waals surface area contributed by atoms with E-state index in [1.807, 2.05) is 88.9 Å². The average molecular weight is 938 g/mol. The molecular formula is C50H58Cl2N8O6.